The Hall–Kier alpha value is -0.500. The van der Waals surface area contributed by atoms with Gasteiger partial charge in [0.2, 0.25) is 0 Å². The molecular formula is C14H20BrN. The Bertz CT molecular complexity index is 350. The molecule has 2 rings (SSSR count). The molecule has 0 saturated heterocycles. The fraction of sp³-hybridized carbons (Fsp3) is 0.571. The van der Waals surface area contributed by atoms with Gasteiger partial charge in [-0.2, -0.15) is 0 Å². The molecule has 0 radical (unpaired) electrons. The van der Waals surface area contributed by atoms with E-state index in [0.29, 0.717) is 6.04 Å². The first-order valence-corrected chi connectivity index (χ1v) is 6.98. The molecule has 1 aromatic rings. The Morgan fingerprint density at radius 3 is 2.81 bits per heavy atom. The average Bonchev–Trinajstić information content (AvgIpc) is 2.25. The molecule has 0 spiro atoms. The summed E-state index contributed by atoms with van der Waals surface area (Å²) in [7, 11) is 0. The van der Waals surface area contributed by atoms with Gasteiger partial charge in [0.1, 0.15) is 0 Å². The molecule has 2 heteroatoms. The predicted molar refractivity (Wildman–Crippen MR) is 73.7 cm³/mol. The highest BCUT2D eigenvalue weighted by molar-refractivity contribution is 9.10. The SMILES string of the molecule is CC1CCCC(Nc2cccc(Br)c2)C1C. The van der Waals surface area contributed by atoms with Crippen molar-refractivity contribution in [1.82, 2.24) is 0 Å². The van der Waals surface area contributed by atoms with E-state index in [2.05, 4.69) is 59.4 Å². The van der Waals surface area contributed by atoms with Crippen LogP contribution >= 0.6 is 15.9 Å². The molecule has 1 fully saturated rings. The fourth-order valence-electron chi connectivity index (χ4n) is 2.58. The smallest absolute Gasteiger partial charge is 0.0353 e. The van der Waals surface area contributed by atoms with Crippen molar-refractivity contribution in [3.63, 3.8) is 0 Å². The number of halogens is 1. The molecule has 0 aliphatic heterocycles. The minimum atomic E-state index is 0.637. The highest BCUT2D eigenvalue weighted by atomic mass is 79.9. The van der Waals surface area contributed by atoms with Gasteiger partial charge in [0.25, 0.3) is 0 Å². The summed E-state index contributed by atoms with van der Waals surface area (Å²) >= 11 is 3.51. The van der Waals surface area contributed by atoms with Crippen molar-refractivity contribution < 1.29 is 0 Å². The minimum Gasteiger partial charge on any atom is -0.382 e. The fourth-order valence-corrected chi connectivity index (χ4v) is 2.98. The van der Waals surface area contributed by atoms with Crippen molar-refractivity contribution in [3.8, 4) is 0 Å². The van der Waals surface area contributed by atoms with Crippen LogP contribution in [0.5, 0.6) is 0 Å². The van der Waals surface area contributed by atoms with Crippen LogP contribution in [-0.4, -0.2) is 6.04 Å². The zero-order valence-electron chi connectivity index (χ0n) is 10.0. The Labute approximate surface area is 107 Å². The molecule has 1 aromatic carbocycles. The third-order valence-electron chi connectivity index (χ3n) is 3.88. The topological polar surface area (TPSA) is 12.0 Å². The number of benzene rings is 1. The maximum absolute atomic E-state index is 3.67. The van der Waals surface area contributed by atoms with Crippen molar-refractivity contribution in [2.75, 3.05) is 5.32 Å². The van der Waals surface area contributed by atoms with Crippen LogP contribution in [0.2, 0.25) is 0 Å². The lowest BCUT2D eigenvalue weighted by atomic mass is 9.78. The summed E-state index contributed by atoms with van der Waals surface area (Å²) in [4.78, 5) is 0. The molecule has 1 nitrogen and oxygen atoms in total. The highest BCUT2D eigenvalue weighted by Gasteiger charge is 2.26. The van der Waals surface area contributed by atoms with E-state index in [9.17, 15) is 0 Å². The number of hydrogen-bond acceptors (Lipinski definition) is 1. The molecular weight excluding hydrogens is 262 g/mol. The molecule has 88 valence electrons. The molecule has 1 aliphatic carbocycles. The van der Waals surface area contributed by atoms with Gasteiger partial charge in [-0.05, 0) is 36.5 Å². The Balaban J connectivity index is 2.03. The highest BCUT2D eigenvalue weighted by Crippen LogP contribution is 2.31. The van der Waals surface area contributed by atoms with E-state index >= 15 is 0 Å². The standard InChI is InChI=1S/C14H20BrN/c1-10-5-3-8-14(11(10)2)16-13-7-4-6-12(15)9-13/h4,6-7,9-11,14,16H,3,5,8H2,1-2H3. The number of anilines is 1. The van der Waals surface area contributed by atoms with E-state index in [-0.39, 0.29) is 0 Å². The van der Waals surface area contributed by atoms with Crippen molar-refractivity contribution in [2.45, 2.75) is 39.2 Å². The second kappa shape index (κ2) is 5.22. The van der Waals surface area contributed by atoms with Crippen molar-refractivity contribution in [3.05, 3.63) is 28.7 Å². The summed E-state index contributed by atoms with van der Waals surface area (Å²) in [5.41, 5.74) is 1.24. The first-order chi connectivity index (χ1) is 7.66. The number of nitrogens with one attached hydrogen (secondary N) is 1. The summed E-state index contributed by atoms with van der Waals surface area (Å²) in [6.45, 7) is 4.75. The summed E-state index contributed by atoms with van der Waals surface area (Å²) in [5, 5.41) is 3.67. The summed E-state index contributed by atoms with van der Waals surface area (Å²) in [6.07, 6.45) is 4.05. The molecule has 3 atom stereocenters. The van der Waals surface area contributed by atoms with Crippen molar-refractivity contribution in [1.29, 1.82) is 0 Å². The van der Waals surface area contributed by atoms with Gasteiger partial charge in [-0.3, -0.25) is 0 Å². The van der Waals surface area contributed by atoms with Gasteiger partial charge < -0.3 is 5.32 Å². The van der Waals surface area contributed by atoms with Crippen LogP contribution in [0.3, 0.4) is 0 Å². The van der Waals surface area contributed by atoms with Gasteiger partial charge in [-0.1, -0.05) is 48.7 Å². The minimum absolute atomic E-state index is 0.637. The monoisotopic (exact) mass is 281 g/mol. The van der Waals surface area contributed by atoms with E-state index in [1.807, 2.05) is 0 Å². The summed E-state index contributed by atoms with van der Waals surface area (Å²) in [5.74, 6) is 1.62. The summed E-state index contributed by atoms with van der Waals surface area (Å²) < 4.78 is 1.15. The third kappa shape index (κ3) is 2.79. The summed E-state index contributed by atoms with van der Waals surface area (Å²) in [6, 6.07) is 9.10. The van der Waals surface area contributed by atoms with E-state index in [0.717, 1.165) is 16.3 Å². The first-order valence-electron chi connectivity index (χ1n) is 6.19. The average molecular weight is 282 g/mol. The second-order valence-corrected chi connectivity index (χ2v) is 5.94. The quantitative estimate of drug-likeness (QED) is 0.830. The van der Waals surface area contributed by atoms with Gasteiger partial charge in [-0.25, -0.2) is 0 Å². The van der Waals surface area contributed by atoms with E-state index < -0.39 is 0 Å². The number of rotatable bonds is 2. The largest absolute Gasteiger partial charge is 0.382 e. The molecule has 0 heterocycles. The maximum Gasteiger partial charge on any atom is 0.0353 e. The van der Waals surface area contributed by atoms with Gasteiger partial charge in [0.05, 0.1) is 0 Å². The number of hydrogen-bond donors (Lipinski definition) is 1. The Morgan fingerprint density at radius 1 is 1.25 bits per heavy atom. The van der Waals surface area contributed by atoms with Crippen LogP contribution in [0.1, 0.15) is 33.1 Å². The molecule has 3 unspecified atom stereocenters. The van der Waals surface area contributed by atoms with Crippen LogP contribution in [-0.2, 0) is 0 Å². The molecule has 1 saturated carbocycles. The van der Waals surface area contributed by atoms with Crippen molar-refractivity contribution >= 4 is 21.6 Å². The zero-order chi connectivity index (χ0) is 11.5. The predicted octanol–water partition coefficient (Wildman–Crippen LogP) is 4.69. The van der Waals surface area contributed by atoms with E-state index in [1.54, 1.807) is 0 Å². The third-order valence-corrected chi connectivity index (χ3v) is 4.38. The Morgan fingerprint density at radius 2 is 2.06 bits per heavy atom. The lowest BCUT2D eigenvalue weighted by molar-refractivity contribution is 0.253. The zero-order valence-corrected chi connectivity index (χ0v) is 11.6. The van der Waals surface area contributed by atoms with E-state index in [1.165, 1.54) is 24.9 Å². The maximum atomic E-state index is 3.67. The van der Waals surface area contributed by atoms with Crippen LogP contribution in [0.25, 0.3) is 0 Å². The van der Waals surface area contributed by atoms with E-state index in [4.69, 9.17) is 0 Å². The van der Waals surface area contributed by atoms with Gasteiger partial charge >= 0.3 is 0 Å². The van der Waals surface area contributed by atoms with Gasteiger partial charge in [-0.15, -0.1) is 0 Å². The van der Waals surface area contributed by atoms with Crippen LogP contribution in [0, 0.1) is 11.8 Å². The lowest BCUT2D eigenvalue weighted by Gasteiger charge is -2.35. The van der Waals surface area contributed by atoms with Crippen LogP contribution < -0.4 is 5.32 Å². The van der Waals surface area contributed by atoms with Crippen molar-refractivity contribution in [2.24, 2.45) is 11.8 Å². The van der Waals surface area contributed by atoms with Crippen LogP contribution in [0.15, 0.2) is 28.7 Å². The molecule has 0 aromatic heterocycles. The molecule has 16 heavy (non-hydrogen) atoms. The van der Waals surface area contributed by atoms with Crippen LogP contribution in [0.4, 0.5) is 5.69 Å². The van der Waals surface area contributed by atoms with Gasteiger partial charge in [0, 0.05) is 16.2 Å². The second-order valence-electron chi connectivity index (χ2n) is 5.03. The molecule has 1 aliphatic rings. The Kier molecular flexibility index (Phi) is 3.91. The normalized spacial score (nSPS) is 30.1. The molecule has 1 N–H and O–H groups in total. The lowest BCUT2D eigenvalue weighted by Crippen LogP contribution is -2.34. The van der Waals surface area contributed by atoms with Gasteiger partial charge in [0.15, 0.2) is 0 Å². The molecule has 0 bridgehead atoms. The molecule has 0 amide bonds. The first kappa shape index (κ1) is 12.0.